The van der Waals surface area contributed by atoms with Gasteiger partial charge < -0.3 is 10.2 Å². The number of piperidine rings is 1. The first-order chi connectivity index (χ1) is 10.6. The Morgan fingerprint density at radius 2 is 1.91 bits per heavy atom. The first-order valence-electron chi connectivity index (χ1n) is 8.69. The zero-order chi connectivity index (χ0) is 15.8. The molecule has 1 aliphatic heterocycles. The normalized spacial score (nSPS) is 16.9. The first kappa shape index (κ1) is 17.0. The number of hydrogen-bond donors (Lipinski definition) is 1. The van der Waals surface area contributed by atoms with Gasteiger partial charge in [-0.25, -0.2) is 0 Å². The van der Waals surface area contributed by atoms with Crippen molar-refractivity contribution in [2.45, 2.75) is 39.5 Å². The summed E-state index contributed by atoms with van der Waals surface area (Å²) < 4.78 is 0. The van der Waals surface area contributed by atoms with Gasteiger partial charge in [0.2, 0.25) is 5.91 Å². The van der Waals surface area contributed by atoms with E-state index in [-0.39, 0.29) is 11.8 Å². The van der Waals surface area contributed by atoms with Gasteiger partial charge in [-0.05, 0) is 56.8 Å². The number of hydrogen-bond acceptors (Lipinski definition) is 2. The van der Waals surface area contributed by atoms with E-state index in [2.05, 4.69) is 36.2 Å². The Morgan fingerprint density at radius 1 is 1.23 bits per heavy atom. The van der Waals surface area contributed by atoms with E-state index in [1.807, 2.05) is 18.2 Å². The van der Waals surface area contributed by atoms with Crippen LogP contribution in [0.3, 0.4) is 0 Å². The minimum atomic E-state index is 0.214. The number of nitrogens with one attached hydrogen (secondary N) is 1. The van der Waals surface area contributed by atoms with Crippen LogP contribution in [0.2, 0.25) is 0 Å². The highest BCUT2D eigenvalue weighted by atomic mass is 16.1. The highest BCUT2D eigenvalue weighted by Gasteiger charge is 2.24. The molecule has 0 unspecified atom stereocenters. The Labute approximate surface area is 135 Å². The molecular formula is C19H30N2O. The summed E-state index contributed by atoms with van der Waals surface area (Å²) in [6.07, 6.45) is 4.19. The van der Waals surface area contributed by atoms with Crippen molar-refractivity contribution in [1.82, 2.24) is 10.2 Å². The predicted molar refractivity (Wildman–Crippen MR) is 91.8 cm³/mol. The molecule has 0 radical (unpaired) electrons. The minimum absolute atomic E-state index is 0.214. The molecule has 1 heterocycles. The summed E-state index contributed by atoms with van der Waals surface area (Å²) >= 11 is 0. The van der Waals surface area contributed by atoms with E-state index < -0.39 is 0 Å². The van der Waals surface area contributed by atoms with Crippen LogP contribution in [-0.2, 0) is 11.2 Å². The van der Waals surface area contributed by atoms with Crippen LogP contribution in [0.4, 0.5) is 0 Å². The molecular weight excluding hydrogens is 272 g/mol. The summed E-state index contributed by atoms with van der Waals surface area (Å²) in [5.41, 5.74) is 1.28. The van der Waals surface area contributed by atoms with Gasteiger partial charge in [-0.3, -0.25) is 4.79 Å². The Kier molecular flexibility index (Phi) is 6.91. The summed E-state index contributed by atoms with van der Waals surface area (Å²) in [6.45, 7) is 8.61. The summed E-state index contributed by atoms with van der Waals surface area (Å²) in [5.74, 6) is 1.23. The van der Waals surface area contributed by atoms with Crippen molar-refractivity contribution in [3.05, 3.63) is 35.9 Å². The van der Waals surface area contributed by atoms with Crippen LogP contribution in [0.5, 0.6) is 0 Å². The van der Waals surface area contributed by atoms with Crippen LogP contribution in [0.15, 0.2) is 30.3 Å². The average molecular weight is 302 g/mol. The molecule has 0 aromatic heterocycles. The largest absolute Gasteiger partial charge is 0.356 e. The fourth-order valence-electron chi connectivity index (χ4n) is 2.98. The molecule has 0 atom stereocenters. The molecule has 1 aromatic rings. The SMILES string of the molecule is CC(C)CCN1CCC(C(=O)NCCc2ccccc2)CC1. The van der Waals surface area contributed by atoms with E-state index in [9.17, 15) is 4.79 Å². The van der Waals surface area contributed by atoms with Gasteiger partial charge in [0, 0.05) is 12.5 Å². The van der Waals surface area contributed by atoms with Crippen molar-refractivity contribution in [2.24, 2.45) is 11.8 Å². The van der Waals surface area contributed by atoms with Crippen molar-refractivity contribution >= 4 is 5.91 Å². The monoisotopic (exact) mass is 302 g/mol. The van der Waals surface area contributed by atoms with Gasteiger partial charge in [-0.1, -0.05) is 44.2 Å². The minimum Gasteiger partial charge on any atom is -0.356 e. The van der Waals surface area contributed by atoms with Crippen molar-refractivity contribution < 1.29 is 4.79 Å². The molecule has 1 amide bonds. The third-order valence-corrected chi connectivity index (χ3v) is 4.54. The lowest BCUT2D eigenvalue weighted by molar-refractivity contribution is -0.126. The maximum atomic E-state index is 12.2. The van der Waals surface area contributed by atoms with E-state index in [0.717, 1.165) is 44.8 Å². The lowest BCUT2D eigenvalue weighted by Crippen LogP contribution is -2.41. The van der Waals surface area contributed by atoms with Crippen LogP contribution >= 0.6 is 0 Å². The molecule has 3 heteroatoms. The Hall–Kier alpha value is -1.35. The fourth-order valence-corrected chi connectivity index (χ4v) is 2.98. The highest BCUT2D eigenvalue weighted by Crippen LogP contribution is 2.18. The van der Waals surface area contributed by atoms with Gasteiger partial charge in [0.25, 0.3) is 0 Å². The number of rotatable bonds is 7. The highest BCUT2D eigenvalue weighted by molar-refractivity contribution is 5.78. The summed E-state index contributed by atoms with van der Waals surface area (Å²) in [5, 5.41) is 3.11. The van der Waals surface area contributed by atoms with Crippen LogP contribution in [0, 0.1) is 11.8 Å². The van der Waals surface area contributed by atoms with Crippen LogP contribution in [-0.4, -0.2) is 37.0 Å². The van der Waals surface area contributed by atoms with Crippen LogP contribution < -0.4 is 5.32 Å². The van der Waals surface area contributed by atoms with Gasteiger partial charge >= 0.3 is 0 Å². The molecule has 3 nitrogen and oxygen atoms in total. The molecule has 1 aliphatic rings. The number of amides is 1. The number of benzene rings is 1. The molecule has 1 saturated heterocycles. The number of nitrogens with zero attached hydrogens (tertiary/aromatic N) is 1. The van der Waals surface area contributed by atoms with Gasteiger partial charge in [0.1, 0.15) is 0 Å². The van der Waals surface area contributed by atoms with E-state index in [0.29, 0.717) is 0 Å². The lowest BCUT2D eigenvalue weighted by Gasteiger charge is -2.31. The Balaban J connectivity index is 1.63. The molecule has 1 aromatic carbocycles. The second-order valence-electron chi connectivity index (χ2n) is 6.83. The molecule has 0 aliphatic carbocycles. The molecule has 0 spiro atoms. The maximum absolute atomic E-state index is 12.2. The third-order valence-electron chi connectivity index (χ3n) is 4.54. The zero-order valence-corrected chi connectivity index (χ0v) is 14.1. The zero-order valence-electron chi connectivity index (χ0n) is 14.1. The molecule has 1 N–H and O–H groups in total. The van der Waals surface area contributed by atoms with Gasteiger partial charge in [-0.15, -0.1) is 0 Å². The van der Waals surface area contributed by atoms with E-state index in [1.165, 1.54) is 18.5 Å². The smallest absolute Gasteiger partial charge is 0.223 e. The number of carbonyl (C=O) groups is 1. The van der Waals surface area contributed by atoms with Crippen LogP contribution in [0.1, 0.15) is 38.7 Å². The second-order valence-corrected chi connectivity index (χ2v) is 6.83. The van der Waals surface area contributed by atoms with Crippen LogP contribution in [0.25, 0.3) is 0 Å². The van der Waals surface area contributed by atoms with Gasteiger partial charge in [-0.2, -0.15) is 0 Å². The number of carbonyl (C=O) groups excluding carboxylic acids is 1. The lowest BCUT2D eigenvalue weighted by atomic mass is 9.95. The molecule has 22 heavy (non-hydrogen) atoms. The standard InChI is InChI=1S/C19H30N2O/c1-16(2)9-13-21-14-10-18(11-15-21)19(22)20-12-8-17-6-4-3-5-7-17/h3-7,16,18H,8-15H2,1-2H3,(H,20,22). The average Bonchev–Trinajstić information content (AvgIpc) is 2.54. The molecule has 1 fully saturated rings. The molecule has 0 bridgehead atoms. The number of likely N-dealkylation sites (tertiary alicyclic amines) is 1. The van der Waals surface area contributed by atoms with Crippen molar-refractivity contribution in [1.29, 1.82) is 0 Å². The van der Waals surface area contributed by atoms with E-state index in [4.69, 9.17) is 0 Å². The summed E-state index contributed by atoms with van der Waals surface area (Å²) in [4.78, 5) is 14.7. The van der Waals surface area contributed by atoms with Crippen molar-refractivity contribution in [3.63, 3.8) is 0 Å². The summed E-state index contributed by atoms with van der Waals surface area (Å²) in [7, 11) is 0. The van der Waals surface area contributed by atoms with E-state index in [1.54, 1.807) is 0 Å². The summed E-state index contributed by atoms with van der Waals surface area (Å²) in [6, 6.07) is 10.3. The Morgan fingerprint density at radius 3 is 2.55 bits per heavy atom. The topological polar surface area (TPSA) is 32.3 Å². The van der Waals surface area contributed by atoms with Gasteiger partial charge in [0.15, 0.2) is 0 Å². The van der Waals surface area contributed by atoms with E-state index >= 15 is 0 Å². The maximum Gasteiger partial charge on any atom is 0.223 e. The quantitative estimate of drug-likeness (QED) is 0.839. The molecule has 122 valence electrons. The van der Waals surface area contributed by atoms with Gasteiger partial charge in [0.05, 0.1) is 0 Å². The van der Waals surface area contributed by atoms with Crippen molar-refractivity contribution in [3.8, 4) is 0 Å². The fraction of sp³-hybridized carbons (Fsp3) is 0.632. The molecule has 2 rings (SSSR count). The first-order valence-corrected chi connectivity index (χ1v) is 8.69. The Bertz CT molecular complexity index is 436. The second kappa shape index (κ2) is 8.94. The van der Waals surface area contributed by atoms with Crippen molar-refractivity contribution in [2.75, 3.05) is 26.2 Å². The molecule has 0 saturated carbocycles. The predicted octanol–water partition coefficient (Wildman–Crippen LogP) is 3.10. The third kappa shape index (κ3) is 5.80.